The van der Waals surface area contributed by atoms with E-state index >= 15 is 0 Å². The molecule has 1 aromatic carbocycles. The first-order valence-corrected chi connectivity index (χ1v) is 6.28. The summed E-state index contributed by atoms with van der Waals surface area (Å²) >= 11 is 0. The molecule has 1 aromatic rings. The van der Waals surface area contributed by atoms with E-state index in [1.165, 1.54) is 12.1 Å². The number of hydrogen-bond donors (Lipinski definition) is 1. The molecule has 0 aromatic heterocycles. The lowest BCUT2D eigenvalue weighted by Crippen LogP contribution is -2.38. The molecule has 0 aliphatic rings. The second-order valence-electron chi connectivity index (χ2n) is 5.14. The Morgan fingerprint density at radius 1 is 1.26 bits per heavy atom. The van der Waals surface area contributed by atoms with E-state index in [2.05, 4.69) is 9.64 Å². The first-order valence-electron chi connectivity index (χ1n) is 6.28. The van der Waals surface area contributed by atoms with E-state index in [0.717, 1.165) is 12.1 Å². The molecule has 0 saturated carbocycles. The summed E-state index contributed by atoms with van der Waals surface area (Å²) in [6, 6.07) is 6.56. The average Bonchev–Trinajstić information content (AvgIpc) is 2.28. The van der Waals surface area contributed by atoms with Gasteiger partial charge in [-0.1, -0.05) is 19.1 Å². The van der Waals surface area contributed by atoms with Crippen LogP contribution in [0.3, 0.4) is 0 Å². The van der Waals surface area contributed by atoms with Crippen molar-refractivity contribution in [2.45, 2.75) is 39.5 Å². The van der Waals surface area contributed by atoms with Crippen LogP contribution in [0.2, 0.25) is 0 Å². The van der Waals surface area contributed by atoms with Crippen molar-refractivity contribution in [2.24, 2.45) is 0 Å². The number of benzene rings is 1. The minimum Gasteiger partial charge on any atom is -0.435 e. The lowest BCUT2D eigenvalue weighted by molar-refractivity contribution is -0.0498. The van der Waals surface area contributed by atoms with Crippen LogP contribution in [-0.2, 0) is 6.54 Å². The number of halogens is 2. The summed E-state index contributed by atoms with van der Waals surface area (Å²) < 4.78 is 28.3. The predicted octanol–water partition coefficient (Wildman–Crippen LogP) is 2.88. The Hall–Kier alpha value is -1.20. The maximum Gasteiger partial charge on any atom is 0.387 e. The van der Waals surface area contributed by atoms with Gasteiger partial charge in [0, 0.05) is 13.1 Å². The molecular weight excluding hydrogens is 252 g/mol. The molecule has 0 heterocycles. The average molecular weight is 273 g/mol. The van der Waals surface area contributed by atoms with Gasteiger partial charge in [0.15, 0.2) is 0 Å². The summed E-state index contributed by atoms with van der Waals surface area (Å²) in [5.41, 5.74) is 0.238. The van der Waals surface area contributed by atoms with Crippen LogP contribution in [0.4, 0.5) is 8.78 Å². The van der Waals surface area contributed by atoms with Crippen molar-refractivity contribution >= 4 is 0 Å². The Morgan fingerprint density at radius 2 is 1.84 bits per heavy atom. The Kier molecular flexibility index (Phi) is 5.69. The first-order chi connectivity index (χ1) is 8.80. The molecule has 19 heavy (non-hydrogen) atoms. The quantitative estimate of drug-likeness (QED) is 0.829. The summed E-state index contributed by atoms with van der Waals surface area (Å²) in [6.45, 7) is 4.76. The first kappa shape index (κ1) is 15.9. The monoisotopic (exact) mass is 273 g/mol. The molecule has 0 aliphatic carbocycles. The fraction of sp³-hybridized carbons (Fsp3) is 0.571. The number of alkyl halides is 2. The van der Waals surface area contributed by atoms with Crippen LogP contribution < -0.4 is 4.74 Å². The highest BCUT2D eigenvalue weighted by atomic mass is 19.3. The van der Waals surface area contributed by atoms with Gasteiger partial charge in [0.25, 0.3) is 0 Å². The van der Waals surface area contributed by atoms with Crippen LogP contribution >= 0.6 is 0 Å². The maximum absolute atomic E-state index is 12.0. The molecule has 0 atom stereocenters. The van der Waals surface area contributed by atoms with Gasteiger partial charge in [-0.15, -0.1) is 0 Å². The fourth-order valence-corrected chi connectivity index (χ4v) is 1.86. The third kappa shape index (κ3) is 6.50. The zero-order valence-electron chi connectivity index (χ0n) is 11.6. The summed E-state index contributed by atoms with van der Waals surface area (Å²) in [4.78, 5) is 2.09. The number of aliphatic hydroxyl groups is 1. The Bertz CT molecular complexity index is 374. The van der Waals surface area contributed by atoms with Crippen molar-refractivity contribution in [3.05, 3.63) is 29.8 Å². The van der Waals surface area contributed by atoms with Crippen molar-refractivity contribution in [3.8, 4) is 5.75 Å². The summed E-state index contributed by atoms with van der Waals surface area (Å²) in [6.07, 6.45) is 0. The summed E-state index contributed by atoms with van der Waals surface area (Å²) in [5.74, 6) is 0.157. The lowest BCUT2D eigenvalue weighted by atomic mass is 10.1. The van der Waals surface area contributed by atoms with Crippen molar-refractivity contribution in [2.75, 3.05) is 13.1 Å². The highest BCUT2D eigenvalue weighted by Crippen LogP contribution is 2.16. The molecule has 0 saturated heterocycles. The van der Waals surface area contributed by atoms with Crippen LogP contribution in [0.15, 0.2) is 24.3 Å². The van der Waals surface area contributed by atoms with Crippen molar-refractivity contribution in [3.63, 3.8) is 0 Å². The molecule has 0 amide bonds. The van der Waals surface area contributed by atoms with Gasteiger partial charge in [0.05, 0.1) is 5.60 Å². The van der Waals surface area contributed by atoms with E-state index in [-0.39, 0.29) is 5.75 Å². The molecule has 0 bridgehead atoms. The lowest BCUT2D eigenvalue weighted by Gasteiger charge is -2.28. The molecule has 0 fully saturated rings. The van der Waals surface area contributed by atoms with Crippen LogP contribution in [0.1, 0.15) is 26.3 Å². The van der Waals surface area contributed by atoms with E-state index in [0.29, 0.717) is 13.1 Å². The Balaban J connectivity index is 2.60. The van der Waals surface area contributed by atoms with E-state index in [1.54, 1.807) is 26.0 Å². The van der Waals surface area contributed by atoms with Gasteiger partial charge >= 0.3 is 6.61 Å². The highest BCUT2D eigenvalue weighted by Gasteiger charge is 2.17. The van der Waals surface area contributed by atoms with Gasteiger partial charge in [-0.3, -0.25) is 4.90 Å². The number of likely N-dealkylation sites (N-methyl/N-ethyl adjacent to an activating group) is 1. The fourth-order valence-electron chi connectivity index (χ4n) is 1.86. The smallest absolute Gasteiger partial charge is 0.387 e. The third-order valence-electron chi connectivity index (χ3n) is 2.61. The molecule has 1 rings (SSSR count). The van der Waals surface area contributed by atoms with E-state index in [4.69, 9.17) is 0 Å². The highest BCUT2D eigenvalue weighted by molar-refractivity contribution is 5.27. The largest absolute Gasteiger partial charge is 0.435 e. The predicted molar refractivity (Wildman–Crippen MR) is 70.3 cm³/mol. The number of hydrogen-bond acceptors (Lipinski definition) is 3. The van der Waals surface area contributed by atoms with Gasteiger partial charge < -0.3 is 9.84 Å². The van der Waals surface area contributed by atoms with Crippen LogP contribution in [0.5, 0.6) is 5.75 Å². The number of rotatable bonds is 7. The van der Waals surface area contributed by atoms with Crippen LogP contribution in [0, 0.1) is 0 Å². The molecule has 0 spiro atoms. The van der Waals surface area contributed by atoms with Gasteiger partial charge in [0.1, 0.15) is 5.75 Å². The second-order valence-corrected chi connectivity index (χ2v) is 5.14. The number of nitrogens with zero attached hydrogens (tertiary/aromatic N) is 1. The molecular formula is C14H21F2NO2. The van der Waals surface area contributed by atoms with Crippen molar-refractivity contribution in [1.29, 1.82) is 0 Å². The standard InChI is InChI=1S/C14H21F2NO2/c1-4-17(10-14(2,3)18)9-11-5-7-12(8-6-11)19-13(15)16/h5-8,13,18H,4,9-10H2,1-3H3. The summed E-state index contributed by atoms with van der Waals surface area (Å²) in [5, 5.41) is 9.80. The molecule has 1 N–H and O–H groups in total. The zero-order valence-corrected chi connectivity index (χ0v) is 11.6. The van der Waals surface area contributed by atoms with E-state index in [1.807, 2.05) is 6.92 Å². The molecule has 0 radical (unpaired) electrons. The third-order valence-corrected chi connectivity index (χ3v) is 2.61. The zero-order chi connectivity index (χ0) is 14.5. The minimum atomic E-state index is -2.80. The van der Waals surface area contributed by atoms with Crippen molar-refractivity contribution < 1.29 is 18.6 Å². The molecule has 0 unspecified atom stereocenters. The molecule has 0 aliphatic heterocycles. The topological polar surface area (TPSA) is 32.7 Å². The van der Waals surface area contributed by atoms with Gasteiger partial charge in [-0.2, -0.15) is 8.78 Å². The van der Waals surface area contributed by atoms with Crippen LogP contribution in [0.25, 0.3) is 0 Å². The second kappa shape index (κ2) is 6.82. The minimum absolute atomic E-state index is 0.157. The maximum atomic E-state index is 12.0. The normalized spacial score (nSPS) is 12.2. The summed E-state index contributed by atoms with van der Waals surface area (Å²) in [7, 11) is 0. The van der Waals surface area contributed by atoms with Gasteiger partial charge in [0.2, 0.25) is 0 Å². The molecule has 108 valence electrons. The van der Waals surface area contributed by atoms with E-state index in [9.17, 15) is 13.9 Å². The van der Waals surface area contributed by atoms with Gasteiger partial charge in [-0.25, -0.2) is 0 Å². The Labute approximate surface area is 112 Å². The molecule has 3 nitrogen and oxygen atoms in total. The van der Waals surface area contributed by atoms with Gasteiger partial charge in [-0.05, 0) is 38.1 Å². The SMILES string of the molecule is CCN(Cc1ccc(OC(F)F)cc1)CC(C)(C)O. The van der Waals surface area contributed by atoms with Crippen molar-refractivity contribution in [1.82, 2.24) is 4.90 Å². The Morgan fingerprint density at radius 3 is 2.26 bits per heavy atom. The van der Waals surface area contributed by atoms with E-state index < -0.39 is 12.2 Å². The number of ether oxygens (including phenoxy) is 1. The molecule has 5 heteroatoms. The van der Waals surface area contributed by atoms with Crippen LogP contribution in [-0.4, -0.2) is 35.3 Å².